The summed E-state index contributed by atoms with van der Waals surface area (Å²) in [7, 11) is 0. The number of carbonyl (C=O) groups excluding carboxylic acids is 1. The van der Waals surface area contributed by atoms with Crippen LogP contribution in [0, 0.1) is 0 Å². The smallest absolute Gasteiger partial charge is 0.249 e. The number of fused-ring (bicyclic) bond motifs is 4. The fourth-order valence-electron chi connectivity index (χ4n) is 4.39. The molecular formula is C26H22N2O2. The summed E-state index contributed by atoms with van der Waals surface area (Å²) in [5.74, 6) is -0.315. The third kappa shape index (κ3) is 2.80. The summed E-state index contributed by atoms with van der Waals surface area (Å²) in [6, 6.07) is 24.1. The molecule has 4 nitrogen and oxygen atoms in total. The van der Waals surface area contributed by atoms with Gasteiger partial charge in [0.05, 0.1) is 16.4 Å². The Balaban J connectivity index is 1.81. The van der Waals surface area contributed by atoms with E-state index in [2.05, 4.69) is 47.9 Å². The van der Waals surface area contributed by atoms with E-state index in [9.17, 15) is 9.90 Å². The maximum atomic E-state index is 12.1. The lowest BCUT2D eigenvalue weighted by molar-refractivity contribution is 0.100. The first-order chi connectivity index (χ1) is 14.6. The molecule has 0 spiro atoms. The summed E-state index contributed by atoms with van der Waals surface area (Å²) in [4.78, 5) is 12.1. The number of phenols is 1. The molecule has 1 amide bonds. The molecule has 0 radical (unpaired) electrons. The Morgan fingerprint density at radius 1 is 0.867 bits per heavy atom. The zero-order valence-corrected chi connectivity index (χ0v) is 16.7. The molecule has 0 bridgehead atoms. The molecule has 0 fully saturated rings. The number of aromatic hydroxyl groups is 1. The number of benzene rings is 4. The lowest BCUT2D eigenvalue weighted by Crippen LogP contribution is -2.11. The number of aryl methyl sites for hydroxylation is 1. The number of carbonyl (C=O) groups is 1. The molecule has 0 aliphatic heterocycles. The Hall–Kier alpha value is -3.79. The molecule has 5 rings (SSSR count). The standard InChI is InChI=1S/C26H22N2O2/c1-2-16-13-22-25(23(29)14-16)24-20(26(27)30)8-5-9-21(24)28(22)15-17-10-11-18-6-3-4-7-19(18)12-17/h3-14,29H,2,15H2,1H3,(H2,27,30). The molecule has 5 aromatic rings. The van der Waals surface area contributed by atoms with Gasteiger partial charge in [0.15, 0.2) is 0 Å². The van der Waals surface area contributed by atoms with Gasteiger partial charge in [0.25, 0.3) is 0 Å². The highest BCUT2D eigenvalue weighted by Crippen LogP contribution is 2.38. The van der Waals surface area contributed by atoms with Crippen molar-refractivity contribution in [2.45, 2.75) is 19.9 Å². The van der Waals surface area contributed by atoms with E-state index in [1.165, 1.54) is 10.8 Å². The topological polar surface area (TPSA) is 68.2 Å². The molecule has 30 heavy (non-hydrogen) atoms. The lowest BCUT2D eigenvalue weighted by Gasteiger charge is -2.10. The quantitative estimate of drug-likeness (QED) is 0.431. The maximum Gasteiger partial charge on any atom is 0.249 e. The Bertz CT molecular complexity index is 1450. The van der Waals surface area contributed by atoms with Crippen LogP contribution in [0.2, 0.25) is 0 Å². The van der Waals surface area contributed by atoms with Crippen LogP contribution in [0.1, 0.15) is 28.4 Å². The van der Waals surface area contributed by atoms with Crippen molar-refractivity contribution in [3.05, 3.63) is 89.5 Å². The van der Waals surface area contributed by atoms with E-state index in [0.717, 1.165) is 28.6 Å². The van der Waals surface area contributed by atoms with Crippen LogP contribution in [-0.2, 0) is 13.0 Å². The summed E-state index contributed by atoms with van der Waals surface area (Å²) < 4.78 is 2.17. The molecule has 1 aromatic heterocycles. The average molecular weight is 394 g/mol. The van der Waals surface area contributed by atoms with Crippen molar-refractivity contribution in [2.75, 3.05) is 0 Å². The van der Waals surface area contributed by atoms with Crippen LogP contribution in [0.3, 0.4) is 0 Å². The van der Waals surface area contributed by atoms with Gasteiger partial charge >= 0.3 is 0 Å². The van der Waals surface area contributed by atoms with Crippen LogP contribution in [0.15, 0.2) is 72.8 Å². The van der Waals surface area contributed by atoms with Gasteiger partial charge in [-0.25, -0.2) is 0 Å². The van der Waals surface area contributed by atoms with Crippen molar-refractivity contribution in [2.24, 2.45) is 5.73 Å². The van der Waals surface area contributed by atoms with Crippen LogP contribution < -0.4 is 5.73 Å². The van der Waals surface area contributed by atoms with Gasteiger partial charge in [0.2, 0.25) is 5.91 Å². The number of nitrogens with zero attached hydrogens (tertiary/aromatic N) is 1. The van der Waals surface area contributed by atoms with Gasteiger partial charge in [-0.2, -0.15) is 0 Å². The molecule has 4 heteroatoms. The second kappa shape index (κ2) is 6.92. The lowest BCUT2D eigenvalue weighted by atomic mass is 10.0. The van der Waals surface area contributed by atoms with E-state index < -0.39 is 5.91 Å². The van der Waals surface area contributed by atoms with Gasteiger partial charge in [0.1, 0.15) is 5.75 Å². The van der Waals surface area contributed by atoms with Crippen molar-refractivity contribution < 1.29 is 9.90 Å². The summed E-state index contributed by atoms with van der Waals surface area (Å²) in [5.41, 5.74) is 10.1. The zero-order chi connectivity index (χ0) is 20.8. The van der Waals surface area contributed by atoms with E-state index in [4.69, 9.17) is 5.73 Å². The summed E-state index contributed by atoms with van der Waals surface area (Å²) in [6.45, 7) is 2.69. The minimum atomic E-state index is -0.496. The molecule has 4 aromatic carbocycles. The van der Waals surface area contributed by atoms with Gasteiger partial charge in [-0.15, -0.1) is 0 Å². The first-order valence-electron chi connectivity index (χ1n) is 10.1. The first-order valence-corrected chi connectivity index (χ1v) is 10.1. The first kappa shape index (κ1) is 18.3. The minimum Gasteiger partial charge on any atom is -0.507 e. The molecule has 0 atom stereocenters. The predicted molar refractivity (Wildman–Crippen MR) is 122 cm³/mol. The number of nitrogens with two attached hydrogens (primary N) is 1. The predicted octanol–water partition coefficient (Wildman–Crippen LogP) is 5.36. The van der Waals surface area contributed by atoms with Crippen LogP contribution in [0.25, 0.3) is 32.6 Å². The van der Waals surface area contributed by atoms with E-state index in [0.29, 0.717) is 22.9 Å². The molecule has 0 unspecified atom stereocenters. The van der Waals surface area contributed by atoms with Crippen LogP contribution in [0.4, 0.5) is 0 Å². The molecule has 148 valence electrons. The van der Waals surface area contributed by atoms with Crippen molar-refractivity contribution >= 4 is 38.5 Å². The Morgan fingerprint density at radius 2 is 1.67 bits per heavy atom. The van der Waals surface area contributed by atoms with E-state index in [1.54, 1.807) is 12.1 Å². The van der Waals surface area contributed by atoms with Gasteiger partial charge in [-0.3, -0.25) is 4.79 Å². The monoisotopic (exact) mass is 394 g/mol. The average Bonchev–Trinajstić information content (AvgIpc) is 3.07. The highest BCUT2D eigenvalue weighted by molar-refractivity contribution is 6.19. The number of hydrogen-bond acceptors (Lipinski definition) is 2. The van der Waals surface area contributed by atoms with Crippen molar-refractivity contribution in [3.8, 4) is 5.75 Å². The van der Waals surface area contributed by atoms with Crippen molar-refractivity contribution in [1.29, 1.82) is 0 Å². The van der Waals surface area contributed by atoms with Crippen molar-refractivity contribution in [1.82, 2.24) is 4.57 Å². The molecule has 0 saturated carbocycles. The summed E-state index contributed by atoms with van der Waals surface area (Å²) >= 11 is 0. The molecule has 3 N–H and O–H groups in total. The minimum absolute atomic E-state index is 0.181. The molecule has 0 aliphatic rings. The van der Waals surface area contributed by atoms with Crippen LogP contribution >= 0.6 is 0 Å². The van der Waals surface area contributed by atoms with Crippen LogP contribution in [0.5, 0.6) is 5.75 Å². The van der Waals surface area contributed by atoms with Gasteiger partial charge in [-0.05, 0) is 58.7 Å². The van der Waals surface area contributed by atoms with E-state index in [1.807, 2.05) is 24.3 Å². The van der Waals surface area contributed by atoms with E-state index >= 15 is 0 Å². The summed E-state index contributed by atoms with van der Waals surface area (Å²) in [6.07, 6.45) is 0.809. The highest BCUT2D eigenvalue weighted by Gasteiger charge is 2.19. The Labute approximate surface area is 174 Å². The molecule has 0 saturated heterocycles. The van der Waals surface area contributed by atoms with Gasteiger partial charge in [-0.1, -0.05) is 49.4 Å². The van der Waals surface area contributed by atoms with E-state index in [-0.39, 0.29) is 5.75 Å². The number of rotatable bonds is 4. The van der Waals surface area contributed by atoms with Crippen molar-refractivity contribution in [3.63, 3.8) is 0 Å². The molecular weight excluding hydrogens is 372 g/mol. The maximum absolute atomic E-state index is 12.1. The summed E-state index contributed by atoms with van der Waals surface area (Å²) in [5, 5.41) is 14.6. The zero-order valence-electron chi connectivity index (χ0n) is 16.7. The largest absolute Gasteiger partial charge is 0.507 e. The number of hydrogen-bond donors (Lipinski definition) is 2. The van der Waals surface area contributed by atoms with Crippen LogP contribution in [-0.4, -0.2) is 15.6 Å². The second-order valence-electron chi connectivity index (χ2n) is 7.69. The fourth-order valence-corrected chi connectivity index (χ4v) is 4.39. The molecule has 0 aliphatic carbocycles. The number of amides is 1. The SMILES string of the molecule is CCc1cc(O)c2c3c(C(N)=O)cccc3n(Cc3ccc4ccccc4c3)c2c1. The normalized spacial score (nSPS) is 11.5. The Morgan fingerprint density at radius 3 is 2.43 bits per heavy atom. The third-order valence-corrected chi connectivity index (χ3v) is 5.86. The second-order valence-corrected chi connectivity index (χ2v) is 7.69. The fraction of sp³-hybridized carbons (Fsp3) is 0.115. The van der Waals surface area contributed by atoms with Gasteiger partial charge in [0, 0.05) is 17.5 Å². The molecule has 1 heterocycles. The number of primary amides is 1. The number of aromatic nitrogens is 1. The third-order valence-electron chi connectivity index (χ3n) is 5.86. The Kier molecular flexibility index (Phi) is 4.21. The highest BCUT2D eigenvalue weighted by atomic mass is 16.3. The van der Waals surface area contributed by atoms with Gasteiger partial charge < -0.3 is 15.4 Å². The number of phenolic OH excluding ortho intramolecular Hbond substituents is 1.